The first-order chi connectivity index (χ1) is 15.8. The molecule has 1 amide bonds. The van der Waals surface area contributed by atoms with Crippen molar-refractivity contribution in [3.63, 3.8) is 0 Å². The van der Waals surface area contributed by atoms with Crippen LogP contribution in [0.5, 0.6) is 0 Å². The van der Waals surface area contributed by atoms with Gasteiger partial charge in [-0.15, -0.1) is 11.3 Å². The van der Waals surface area contributed by atoms with Crippen molar-refractivity contribution < 1.29 is 14.3 Å². The lowest BCUT2D eigenvalue weighted by molar-refractivity contribution is -0.123. The summed E-state index contributed by atoms with van der Waals surface area (Å²) in [7, 11) is 0. The smallest absolute Gasteiger partial charge is 0.360 e. The number of nitrogens with one attached hydrogen (secondary N) is 1. The number of hydrogen-bond donors (Lipinski definition) is 1. The number of carbonyl (C=O) groups excluding carboxylic acids is 2. The van der Waals surface area contributed by atoms with Gasteiger partial charge in [-0.2, -0.15) is 5.10 Å². The highest BCUT2D eigenvalue weighted by atomic mass is 32.1. The van der Waals surface area contributed by atoms with Gasteiger partial charge < -0.3 is 4.74 Å². The number of benzene rings is 2. The first-order valence-corrected chi connectivity index (χ1v) is 11.3. The average molecular weight is 463 g/mol. The zero-order valence-corrected chi connectivity index (χ0v) is 19.1. The molecule has 1 unspecified atom stereocenters. The molecule has 0 fully saturated rings. The number of fused-ring (bicyclic) bond motifs is 1. The lowest BCUT2D eigenvalue weighted by atomic mass is 10.1. The second-order valence-electron chi connectivity index (χ2n) is 7.68. The maximum Gasteiger partial charge on any atom is 0.360 e. The van der Waals surface area contributed by atoms with Crippen molar-refractivity contribution in [2.45, 2.75) is 32.9 Å². The van der Waals surface area contributed by atoms with Crippen LogP contribution in [0.3, 0.4) is 0 Å². The number of esters is 1. The standard InChI is InChI=1S/C24H22N4O4S/c1-14(2)28-22(30)18-12-8-7-11-17(18)20(27-28)23(31)32-15(3)21(29)26-24-25-19(13-33-24)16-9-5-4-6-10-16/h4-15H,1-3H3,(H,25,26,29). The van der Waals surface area contributed by atoms with E-state index in [9.17, 15) is 14.4 Å². The van der Waals surface area contributed by atoms with Crippen molar-refractivity contribution >= 4 is 39.1 Å². The van der Waals surface area contributed by atoms with Gasteiger partial charge in [-0.3, -0.25) is 14.9 Å². The minimum Gasteiger partial charge on any atom is -0.448 e. The Morgan fingerprint density at radius 1 is 1.00 bits per heavy atom. The van der Waals surface area contributed by atoms with Crippen LogP contribution < -0.4 is 10.9 Å². The summed E-state index contributed by atoms with van der Waals surface area (Å²) in [5.74, 6) is -1.30. The summed E-state index contributed by atoms with van der Waals surface area (Å²) in [6, 6.07) is 16.0. The summed E-state index contributed by atoms with van der Waals surface area (Å²) < 4.78 is 6.63. The van der Waals surface area contributed by atoms with Crippen LogP contribution in [0.25, 0.3) is 22.0 Å². The van der Waals surface area contributed by atoms with Gasteiger partial charge >= 0.3 is 5.97 Å². The molecule has 0 saturated carbocycles. The molecular weight excluding hydrogens is 440 g/mol. The number of thiazole rings is 1. The number of ether oxygens (including phenoxy) is 1. The molecule has 0 spiro atoms. The van der Waals surface area contributed by atoms with Crippen molar-refractivity contribution in [2.75, 3.05) is 5.32 Å². The maximum atomic E-state index is 12.9. The molecule has 0 aliphatic carbocycles. The lowest BCUT2D eigenvalue weighted by Gasteiger charge is -2.15. The van der Waals surface area contributed by atoms with Crippen LogP contribution >= 0.6 is 11.3 Å². The van der Waals surface area contributed by atoms with E-state index in [0.717, 1.165) is 11.3 Å². The van der Waals surface area contributed by atoms with Crippen LogP contribution in [-0.4, -0.2) is 32.7 Å². The normalized spacial score (nSPS) is 12.0. The second kappa shape index (κ2) is 9.33. The van der Waals surface area contributed by atoms with Gasteiger partial charge in [-0.1, -0.05) is 48.5 Å². The van der Waals surface area contributed by atoms with Gasteiger partial charge in [0.1, 0.15) is 0 Å². The predicted octanol–water partition coefficient (Wildman–Crippen LogP) is 4.28. The van der Waals surface area contributed by atoms with Crippen molar-refractivity contribution in [3.8, 4) is 11.3 Å². The van der Waals surface area contributed by atoms with Crippen LogP contribution in [0.2, 0.25) is 0 Å². The Morgan fingerprint density at radius 3 is 2.36 bits per heavy atom. The van der Waals surface area contributed by atoms with Gasteiger partial charge in [-0.25, -0.2) is 14.5 Å². The number of amides is 1. The number of hydrogen-bond acceptors (Lipinski definition) is 7. The fraction of sp³-hybridized carbons (Fsp3) is 0.208. The number of nitrogens with zero attached hydrogens (tertiary/aromatic N) is 3. The number of anilines is 1. The Kier molecular flexibility index (Phi) is 6.32. The van der Waals surface area contributed by atoms with Gasteiger partial charge in [0.05, 0.1) is 17.1 Å². The van der Waals surface area contributed by atoms with Gasteiger partial charge in [0, 0.05) is 16.3 Å². The molecule has 0 aliphatic heterocycles. The van der Waals surface area contributed by atoms with E-state index < -0.39 is 18.0 Å². The van der Waals surface area contributed by atoms with E-state index in [0.29, 0.717) is 15.9 Å². The highest BCUT2D eigenvalue weighted by Crippen LogP contribution is 2.25. The first kappa shape index (κ1) is 22.3. The third kappa shape index (κ3) is 4.68. The minimum absolute atomic E-state index is 0.0147. The summed E-state index contributed by atoms with van der Waals surface area (Å²) in [5, 5.41) is 9.88. The Hall–Kier alpha value is -3.85. The van der Waals surface area contributed by atoms with Crippen LogP contribution in [0.15, 0.2) is 64.8 Å². The molecule has 2 aromatic carbocycles. The van der Waals surface area contributed by atoms with E-state index in [1.807, 2.05) is 35.7 Å². The van der Waals surface area contributed by atoms with E-state index >= 15 is 0 Å². The number of carbonyl (C=O) groups is 2. The molecule has 8 nitrogen and oxygen atoms in total. The molecule has 4 aromatic rings. The molecule has 0 bridgehead atoms. The van der Waals surface area contributed by atoms with E-state index in [4.69, 9.17) is 4.74 Å². The monoisotopic (exact) mass is 462 g/mol. The second-order valence-corrected chi connectivity index (χ2v) is 8.54. The summed E-state index contributed by atoms with van der Waals surface area (Å²) in [6.45, 7) is 5.07. The van der Waals surface area contributed by atoms with Gasteiger partial charge in [0.15, 0.2) is 16.9 Å². The predicted molar refractivity (Wildman–Crippen MR) is 127 cm³/mol. The third-order valence-electron chi connectivity index (χ3n) is 4.97. The van der Waals surface area contributed by atoms with E-state index in [2.05, 4.69) is 15.4 Å². The first-order valence-electron chi connectivity index (χ1n) is 10.4. The molecule has 1 atom stereocenters. The molecule has 2 heterocycles. The van der Waals surface area contributed by atoms with Gasteiger partial charge in [0.25, 0.3) is 11.5 Å². The summed E-state index contributed by atoms with van der Waals surface area (Å²) in [6.07, 6.45) is -1.10. The van der Waals surface area contributed by atoms with Crippen molar-refractivity contribution in [2.24, 2.45) is 0 Å². The lowest BCUT2D eigenvalue weighted by Crippen LogP contribution is -2.32. The van der Waals surface area contributed by atoms with Crippen molar-refractivity contribution in [1.82, 2.24) is 14.8 Å². The Balaban J connectivity index is 1.52. The number of rotatable bonds is 6. The molecule has 4 rings (SSSR count). The highest BCUT2D eigenvalue weighted by molar-refractivity contribution is 7.14. The molecule has 2 aromatic heterocycles. The summed E-state index contributed by atoms with van der Waals surface area (Å²) >= 11 is 1.28. The van der Waals surface area contributed by atoms with Crippen LogP contribution in [0.4, 0.5) is 5.13 Å². The SMILES string of the molecule is CC(OC(=O)c1nn(C(C)C)c(=O)c2ccccc12)C(=O)Nc1nc(-c2ccccc2)cs1. The molecule has 1 N–H and O–H groups in total. The maximum absolute atomic E-state index is 12.9. The minimum atomic E-state index is -1.10. The molecule has 0 aliphatic rings. The van der Waals surface area contributed by atoms with E-state index in [-0.39, 0.29) is 17.3 Å². The zero-order valence-electron chi connectivity index (χ0n) is 18.3. The fourth-order valence-electron chi connectivity index (χ4n) is 3.26. The Morgan fingerprint density at radius 2 is 1.67 bits per heavy atom. The summed E-state index contributed by atoms with van der Waals surface area (Å²) in [4.78, 5) is 42.6. The van der Waals surface area contributed by atoms with Crippen molar-refractivity contribution in [3.05, 3.63) is 76.0 Å². The summed E-state index contributed by atoms with van der Waals surface area (Å²) in [5.41, 5.74) is 1.37. The fourth-order valence-corrected chi connectivity index (χ4v) is 3.98. The Labute approximate surface area is 193 Å². The third-order valence-corrected chi connectivity index (χ3v) is 5.73. The molecule has 33 heavy (non-hydrogen) atoms. The molecule has 0 radical (unpaired) electrons. The van der Waals surface area contributed by atoms with Gasteiger partial charge in [-0.05, 0) is 26.8 Å². The van der Waals surface area contributed by atoms with Crippen LogP contribution in [-0.2, 0) is 9.53 Å². The van der Waals surface area contributed by atoms with Crippen LogP contribution in [0.1, 0.15) is 37.3 Å². The average Bonchev–Trinajstić information content (AvgIpc) is 3.28. The molecule has 0 saturated heterocycles. The molecular formula is C24H22N4O4S. The van der Waals surface area contributed by atoms with E-state index in [1.54, 1.807) is 38.1 Å². The Bertz CT molecular complexity index is 1380. The van der Waals surface area contributed by atoms with E-state index in [1.165, 1.54) is 22.9 Å². The molecule has 9 heteroatoms. The quantitative estimate of drug-likeness (QED) is 0.429. The highest BCUT2D eigenvalue weighted by Gasteiger charge is 2.24. The largest absolute Gasteiger partial charge is 0.448 e. The molecule has 168 valence electrons. The van der Waals surface area contributed by atoms with Gasteiger partial charge in [0.2, 0.25) is 0 Å². The number of aromatic nitrogens is 3. The zero-order chi connectivity index (χ0) is 23.5. The van der Waals surface area contributed by atoms with Crippen molar-refractivity contribution in [1.29, 1.82) is 0 Å². The van der Waals surface area contributed by atoms with Crippen LogP contribution in [0, 0.1) is 0 Å². The topological polar surface area (TPSA) is 103 Å².